The van der Waals surface area contributed by atoms with Crippen LogP contribution in [0.25, 0.3) is 5.69 Å². The Morgan fingerprint density at radius 2 is 2.05 bits per heavy atom. The summed E-state index contributed by atoms with van der Waals surface area (Å²) >= 11 is 0. The number of benzene rings is 1. The van der Waals surface area contributed by atoms with Gasteiger partial charge >= 0.3 is 5.97 Å². The number of aromatic nitrogens is 2. The molecule has 2 rings (SSSR count). The van der Waals surface area contributed by atoms with E-state index >= 15 is 0 Å². The lowest BCUT2D eigenvalue weighted by Gasteiger charge is -2.08. The molecule has 2 aromatic rings. The minimum atomic E-state index is -1.04. The van der Waals surface area contributed by atoms with Gasteiger partial charge in [-0.25, -0.2) is 13.6 Å². The van der Waals surface area contributed by atoms with Crippen LogP contribution >= 0.6 is 0 Å². The molecule has 1 aromatic heterocycles. The van der Waals surface area contributed by atoms with Crippen LogP contribution in [0.15, 0.2) is 29.1 Å². The Balaban J connectivity index is 2.68. The number of hydrogen-bond acceptors (Lipinski definition) is 5. The smallest absolute Gasteiger partial charge is 0.362 e. The SMILES string of the molecule is COC(=O)c1nn(-c2ccc(F)cc2F)c(=O)cc1O. The first kappa shape index (κ1) is 13.7. The van der Waals surface area contributed by atoms with Crippen molar-refractivity contribution in [3.8, 4) is 11.4 Å². The summed E-state index contributed by atoms with van der Waals surface area (Å²) in [6.07, 6.45) is 0. The third kappa shape index (κ3) is 2.35. The van der Waals surface area contributed by atoms with Gasteiger partial charge in [0.05, 0.1) is 7.11 Å². The van der Waals surface area contributed by atoms with Crippen LogP contribution in [-0.4, -0.2) is 28.0 Å². The van der Waals surface area contributed by atoms with E-state index in [2.05, 4.69) is 9.84 Å². The Morgan fingerprint density at radius 1 is 1.35 bits per heavy atom. The lowest BCUT2D eigenvalue weighted by atomic mass is 10.3. The second-order valence-electron chi connectivity index (χ2n) is 3.72. The van der Waals surface area contributed by atoms with Crippen LogP contribution in [0, 0.1) is 11.6 Å². The fourth-order valence-electron chi connectivity index (χ4n) is 1.51. The van der Waals surface area contributed by atoms with Crippen molar-refractivity contribution >= 4 is 5.97 Å². The maximum Gasteiger partial charge on any atom is 0.362 e. The van der Waals surface area contributed by atoms with Crippen LogP contribution in [0.2, 0.25) is 0 Å². The van der Waals surface area contributed by atoms with E-state index in [0.717, 1.165) is 19.2 Å². The lowest BCUT2D eigenvalue weighted by molar-refractivity contribution is 0.0587. The van der Waals surface area contributed by atoms with Gasteiger partial charge in [-0.15, -0.1) is 0 Å². The summed E-state index contributed by atoms with van der Waals surface area (Å²) in [6.45, 7) is 0. The van der Waals surface area contributed by atoms with E-state index in [-0.39, 0.29) is 5.69 Å². The van der Waals surface area contributed by atoms with Crippen LogP contribution < -0.4 is 5.56 Å². The highest BCUT2D eigenvalue weighted by atomic mass is 19.1. The van der Waals surface area contributed by atoms with E-state index in [1.807, 2.05) is 0 Å². The van der Waals surface area contributed by atoms with Gasteiger partial charge in [-0.3, -0.25) is 4.79 Å². The molecule has 1 N–H and O–H groups in total. The van der Waals surface area contributed by atoms with Crippen LogP contribution in [0.4, 0.5) is 8.78 Å². The van der Waals surface area contributed by atoms with Crippen LogP contribution in [-0.2, 0) is 4.74 Å². The molecule has 0 saturated carbocycles. The van der Waals surface area contributed by atoms with Crippen molar-refractivity contribution in [3.63, 3.8) is 0 Å². The van der Waals surface area contributed by atoms with Crippen molar-refractivity contribution < 1.29 is 23.4 Å². The molecule has 1 aromatic carbocycles. The lowest BCUT2D eigenvalue weighted by Crippen LogP contribution is -2.24. The first-order chi connectivity index (χ1) is 9.43. The molecular weight excluding hydrogens is 274 g/mol. The summed E-state index contributed by atoms with van der Waals surface area (Å²) in [5, 5.41) is 13.0. The predicted molar refractivity (Wildman–Crippen MR) is 62.8 cm³/mol. The Bertz CT molecular complexity index is 743. The van der Waals surface area contributed by atoms with E-state index in [1.165, 1.54) is 0 Å². The van der Waals surface area contributed by atoms with E-state index in [1.54, 1.807) is 0 Å². The molecule has 0 aliphatic heterocycles. The molecule has 1 heterocycles. The molecule has 0 amide bonds. The normalized spacial score (nSPS) is 10.3. The molecule has 0 atom stereocenters. The number of esters is 1. The largest absolute Gasteiger partial charge is 0.505 e. The minimum absolute atomic E-state index is 0.360. The predicted octanol–water partition coefficient (Wildman–Crippen LogP) is 1.00. The maximum absolute atomic E-state index is 13.6. The van der Waals surface area contributed by atoms with E-state index < -0.39 is 34.6 Å². The molecule has 0 unspecified atom stereocenters. The standard InChI is InChI=1S/C12H8F2N2O4/c1-20-12(19)11-9(17)5-10(18)16(15-11)8-3-2-6(13)4-7(8)14/h2-5,17H,1H3. The Hall–Kier alpha value is -2.77. The summed E-state index contributed by atoms with van der Waals surface area (Å²) < 4.78 is 31.3. The highest BCUT2D eigenvalue weighted by Gasteiger charge is 2.18. The van der Waals surface area contributed by atoms with Gasteiger partial charge in [0.25, 0.3) is 5.56 Å². The first-order valence-electron chi connectivity index (χ1n) is 5.31. The van der Waals surface area contributed by atoms with Gasteiger partial charge in [-0.05, 0) is 12.1 Å². The number of nitrogens with zero attached hydrogens (tertiary/aromatic N) is 2. The first-order valence-corrected chi connectivity index (χ1v) is 5.31. The average Bonchev–Trinajstić information content (AvgIpc) is 2.39. The number of hydrogen-bond donors (Lipinski definition) is 1. The van der Waals surface area contributed by atoms with Gasteiger partial charge in [0.2, 0.25) is 5.69 Å². The number of carbonyl (C=O) groups excluding carboxylic acids is 1. The van der Waals surface area contributed by atoms with Gasteiger partial charge in [0.15, 0.2) is 11.6 Å². The third-order valence-corrected chi connectivity index (χ3v) is 2.43. The fraction of sp³-hybridized carbons (Fsp3) is 0.0833. The number of methoxy groups -OCH3 is 1. The zero-order valence-electron chi connectivity index (χ0n) is 10.1. The van der Waals surface area contributed by atoms with Crippen molar-refractivity contribution in [2.45, 2.75) is 0 Å². The fourth-order valence-corrected chi connectivity index (χ4v) is 1.51. The molecule has 20 heavy (non-hydrogen) atoms. The summed E-state index contributed by atoms with van der Waals surface area (Å²) in [6, 6.07) is 3.16. The maximum atomic E-state index is 13.6. The summed E-state index contributed by atoms with van der Waals surface area (Å²) in [4.78, 5) is 23.0. The van der Waals surface area contributed by atoms with Gasteiger partial charge < -0.3 is 9.84 Å². The molecular formula is C12H8F2N2O4. The summed E-state index contributed by atoms with van der Waals surface area (Å²) in [5.41, 5.74) is -1.81. The van der Waals surface area contributed by atoms with Gasteiger partial charge in [0.1, 0.15) is 11.5 Å². The molecule has 6 nitrogen and oxygen atoms in total. The van der Waals surface area contributed by atoms with Crippen LogP contribution in [0.5, 0.6) is 5.75 Å². The summed E-state index contributed by atoms with van der Waals surface area (Å²) in [5.74, 6) is -3.56. The highest BCUT2D eigenvalue weighted by Crippen LogP contribution is 2.16. The summed E-state index contributed by atoms with van der Waals surface area (Å²) in [7, 11) is 1.05. The van der Waals surface area contributed by atoms with Crippen molar-refractivity contribution in [2.24, 2.45) is 0 Å². The van der Waals surface area contributed by atoms with E-state index in [0.29, 0.717) is 16.8 Å². The van der Waals surface area contributed by atoms with Crippen molar-refractivity contribution in [2.75, 3.05) is 7.11 Å². The second-order valence-corrected chi connectivity index (χ2v) is 3.72. The number of ether oxygens (including phenoxy) is 1. The van der Waals surface area contributed by atoms with Crippen LogP contribution in [0.3, 0.4) is 0 Å². The van der Waals surface area contributed by atoms with Crippen molar-refractivity contribution in [3.05, 3.63) is 51.9 Å². The van der Waals surface area contributed by atoms with Gasteiger partial charge in [0, 0.05) is 12.1 Å². The number of carbonyl (C=O) groups is 1. The molecule has 0 bridgehead atoms. The molecule has 0 radical (unpaired) electrons. The average molecular weight is 282 g/mol. The Morgan fingerprint density at radius 3 is 2.65 bits per heavy atom. The molecule has 0 aliphatic carbocycles. The molecule has 104 valence electrons. The van der Waals surface area contributed by atoms with Crippen LogP contribution in [0.1, 0.15) is 10.5 Å². The topological polar surface area (TPSA) is 81.4 Å². The molecule has 0 fully saturated rings. The monoisotopic (exact) mass is 282 g/mol. The second kappa shape index (κ2) is 5.08. The van der Waals surface area contributed by atoms with Gasteiger partial charge in [-0.2, -0.15) is 9.78 Å². The number of halogens is 2. The number of rotatable bonds is 2. The Kier molecular flexibility index (Phi) is 3.47. The zero-order chi connectivity index (χ0) is 14.9. The van der Waals surface area contributed by atoms with Gasteiger partial charge in [-0.1, -0.05) is 0 Å². The minimum Gasteiger partial charge on any atom is -0.505 e. The molecule has 0 spiro atoms. The van der Waals surface area contributed by atoms with E-state index in [9.17, 15) is 23.5 Å². The zero-order valence-corrected chi connectivity index (χ0v) is 10.1. The quantitative estimate of drug-likeness (QED) is 0.831. The number of aromatic hydroxyl groups is 1. The van der Waals surface area contributed by atoms with Crippen molar-refractivity contribution in [1.82, 2.24) is 9.78 Å². The molecule has 0 aliphatic rings. The molecule has 0 saturated heterocycles. The Labute approximate surface area is 110 Å². The van der Waals surface area contributed by atoms with Crippen molar-refractivity contribution in [1.29, 1.82) is 0 Å². The third-order valence-electron chi connectivity index (χ3n) is 2.43. The van der Waals surface area contributed by atoms with E-state index in [4.69, 9.17) is 0 Å². The highest BCUT2D eigenvalue weighted by molar-refractivity contribution is 5.89. The molecule has 8 heteroatoms.